The van der Waals surface area contributed by atoms with Gasteiger partial charge in [0.25, 0.3) is 0 Å². The summed E-state index contributed by atoms with van der Waals surface area (Å²) in [6.07, 6.45) is 0. The molecule has 3 rings (SSSR count). The maximum Gasteiger partial charge on any atom is 0.139 e. The largest absolute Gasteiger partial charge is 0.456 e. The first-order valence-corrected chi connectivity index (χ1v) is 6.38. The molecule has 0 saturated heterocycles. The molecule has 1 aromatic heterocycles. The standard InChI is InChI=1S/C16H17NO.ClH/c1-11(2)17-10-12-6-5-8-14-13-7-3-4-9-15(13)18-16(12)14;/h3-9,11,17H,10H2,1-2H3;1H. The van der Waals surface area contributed by atoms with Crippen molar-refractivity contribution in [1.29, 1.82) is 0 Å². The summed E-state index contributed by atoms with van der Waals surface area (Å²) in [5.74, 6) is 0. The summed E-state index contributed by atoms with van der Waals surface area (Å²) in [5, 5.41) is 5.83. The van der Waals surface area contributed by atoms with Gasteiger partial charge in [0.1, 0.15) is 11.2 Å². The van der Waals surface area contributed by atoms with Gasteiger partial charge in [-0.05, 0) is 6.07 Å². The Hall–Kier alpha value is -1.51. The Morgan fingerprint density at radius 1 is 1.00 bits per heavy atom. The van der Waals surface area contributed by atoms with Gasteiger partial charge in [0.05, 0.1) is 0 Å². The lowest BCUT2D eigenvalue weighted by atomic mass is 10.1. The minimum atomic E-state index is 0. The average Bonchev–Trinajstić information content (AvgIpc) is 2.75. The normalized spacial score (nSPS) is 11.1. The molecule has 0 atom stereocenters. The SMILES string of the molecule is CC(C)NCc1cccc2c1oc1ccccc12.Cl. The molecule has 0 radical (unpaired) electrons. The van der Waals surface area contributed by atoms with E-state index < -0.39 is 0 Å². The molecule has 0 aliphatic carbocycles. The number of para-hydroxylation sites is 2. The van der Waals surface area contributed by atoms with Crippen LogP contribution in [0.3, 0.4) is 0 Å². The second-order valence-electron chi connectivity index (χ2n) is 4.93. The van der Waals surface area contributed by atoms with E-state index in [1.807, 2.05) is 12.1 Å². The van der Waals surface area contributed by atoms with Crippen LogP contribution in [0.25, 0.3) is 21.9 Å². The molecule has 0 unspecified atom stereocenters. The van der Waals surface area contributed by atoms with E-state index in [1.54, 1.807) is 0 Å². The molecule has 0 amide bonds. The lowest BCUT2D eigenvalue weighted by molar-refractivity contribution is 0.582. The Morgan fingerprint density at radius 3 is 2.53 bits per heavy atom. The first-order chi connectivity index (χ1) is 8.75. The molecule has 0 aliphatic rings. The van der Waals surface area contributed by atoms with Crippen LogP contribution >= 0.6 is 12.4 Å². The van der Waals surface area contributed by atoms with E-state index in [-0.39, 0.29) is 12.4 Å². The van der Waals surface area contributed by atoms with Crippen LogP contribution in [0.4, 0.5) is 0 Å². The van der Waals surface area contributed by atoms with Crippen molar-refractivity contribution in [2.45, 2.75) is 26.4 Å². The van der Waals surface area contributed by atoms with Gasteiger partial charge >= 0.3 is 0 Å². The van der Waals surface area contributed by atoms with E-state index in [0.717, 1.165) is 17.7 Å². The minimum absolute atomic E-state index is 0. The van der Waals surface area contributed by atoms with E-state index in [4.69, 9.17) is 4.42 Å². The zero-order chi connectivity index (χ0) is 12.5. The fraction of sp³-hybridized carbons (Fsp3) is 0.250. The summed E-state index contributed by atoms with van der Waals surface area (Å²) in [4.78, 5) is 0. The van der Waals surface area contributed by atoms with Crippen LogP contribution < -0.4 is 5.32 Å². The number of benzene rings is 2. The monoisotopic (exact) mass is 275 g/mol. The van der Waals surface area contributed by atoms with Crippen molar-refractivity contribution in [1.82, 2.24) is 5.32 Å². The van der Waals surface area contributed by atoms with Gasteiger partial charge in [0.15, 0.2) is 0 Å². The molecule has 0 spiro atoms. The molecule has 2 nitrogen and oxygen atoms in total. The van der Waals surface area contributed by atoms with Gasteiger partial charge in [0.2, 0.25) is 0 Å². The number of furan rings is 1. The zero-order valence-corrected chi connectivity index (χ0v) is 12.0. The average molecular weight is 276 g/mol. The van der Waals surface area contributed by atoms with E-state index in [9.17, 15) is 0 Å². The van der Waals surface area contributed by atoms with Crippen molar-refractivity contribution >= 4 is 34.3 Å². The molecule has 3 aromatic rings. The Balaban J connectivity index is 0.00000133. The van der Waals surface area contributed by atoms with Crippen molar-refractivity contribution in [3.63, 3.8) is 0 Å². The van der Waals surface area contributed by atoms with E-state index >= 15 is 0 Å². The summed E-state index contributed by atoms with van der Waals surface area (Å²) >= 11 is 0. The van der Waals surface area contributed by atoms with E-state index in [0.29, 0.717) is 6.04 Å². The molecule has 0 fully saturated rings. The topological polar surface area (TPSA) is 25.2 Å². The number of rotatable bonds is 3. The van der Waals surface area contributed by atoms with Crippen LogP contribution in [0.1, 0.15) is 19.4 Å². The maximum absolute atomic E-state index is 5.98. The number of hydrogen-bond donors (Lipinski definition) is 1. The third kappa shape index (κ3) is 2.60. The van der Waals surface area contributed by atoms with Gasteiger partial charge < -0.3 is 9.73 Å². The molecular formula is C16H18ClNO. The highest BCUT2D eigenvalue weighted by atomic mass is 35.5. The van der Waals surface area contributed by atoms with Crippen LogP contribution in [0.2, 0.25) is 0 Å². The molecule has 3 heteroatoms. The van der Waals surface area contributed by atoms with Gasteiger partial charge in [-0.15, -0.1) is 12.4 Å². The maximum atomic E-state index is 5.98. The minimum Gasteiger partial charge on any atom is -0.456 e. The molecule has 100 valence electrons. The van der Waals surface area contributed by atoms with Gasteiger partial charge in [-0.3, -0.25) is 0 Å². The number of halogens is 1. The number of nitrogens with one attached hydrogen (secondary N) is 1. The molecular weight excluding hydrogens is 258 g/mol. The van der Waals surface area contributed by atoms with Crippen molar-refractivity contribution in [2.75, 3.05) is 0 Å². The van der Waals surface area contributed by atoms with Crippen molar-refractivity contribution < 1.29 is 4.42 Å². The number of fused-ring (bicyclic) bond motifs is 3. The molecule has 2 aromatic carbocycles. The Labute approximate surface area is 119 Å². The Kier molecular flexibility index (Phi) is 4.13. The van der Waals surface area contributed by atoms with Crippen molar-refractivity contribution in [3.8, 4) is 0 Å². The smallest absolute Gasteiger partial charge is 0.139 e. The molecule has 0 aliphatic heterocycles. The Bertz CT molecular complexity index is 687. The fourth-order valence-corrected chi connectivity index (χ4v) is 2.26. The summed E-state index contributed by atoms with van der Waals surface area (Å²) in [6, 6.07) is 15.0. The lowest BCUT2D eigenvalue weighted by Crippen LogP contribution is -2.21. The summed E-state index contributed by atoms with van der Waals surface area (Å²) in [5.41, 5.74) is 3.19. The second-order valence-corrected chi connectivity index (χ2v) is 4.93. The molecule has 19 heavy (non-hydrogen) atoms. The van der Waals surface area contributed by atoms with Crippen LogP contribution in [0.15, 0.2) is 46.9 Å². The molecule has 1 heterocycles. The summed E-state index contributed by atoms with van der Waals surface area (Å²) < 4.78 is 5.98. The van der Waals surface area contributed by atoms with E-state index in [1.165, 1.54) is 16.3 Å². The van der Waals surface area contributed by atoms with Gasteiger partial charge in [0, 0.05) is 28.9 Å². The van der Waals surface area contributed by atoms with Crippen LogP contribution in [-0.2, 0) is 6.54 Å². The predicted molar refractivity (Wildman–Crippen MR) is 82.9 cm³/mol. The van der Waals surface area contributed by atoms with Crippen LogP contribution in [0, 0.1) is 0 Å². The van der Waals surface area contributed by atoms with Crippen molar-refractivity contribution in [2.24, 2.45) is 0 Å². The molecule has 1 N–H and O–H groups in total. The van der Waals surface area contributed by atoms with Crippen molar-refractivity contribution in [3.05, 3.63) is 48.0 Å². The summed E-state index contributed by atoms with van der Waals surface area (Å²) in [7, 11) is 0. The Morgan fingerprint density at radius 2 is 1.74 bits per heavy atom. The zero-order valence-electron chi connectivity index (χ0n) is 11.1. The summed E-state index contributed by atoms with van der Waals surface area (Å²) in [6.45, 7) is 5.15. The van der Waals surface area contributed by atoms with Crippen LogP contribution in [-0.4, -0.2) is 6.04 Å². The predicted octanol–water partition coefficient (Wildman–Crippen LogP) is 4.51. The third-order valence-corrected chi connectivity index (χ3v) is 3.19. The highest BCUT2D eigenvalue weighted by Gasteiger charge is 2.09. The van der Waals surface area contributed by atoms with E-state index in [2.05, 4.69) is 49.5 Å². The van der Waals surface area contributed by atoms with Crippen LogP contribution in [0.5, 0.6) is 0 Å². The third-order valence-electron chi connectivity index (χ3n) is 3.19. The van der Waals surface area contributed by atoms with Gasteiger partial charge in [-0.1, -0.05) is 50.2 Å². The first kappa shape index (κ1) is 13.9. The first-order valence-electron chi connectivity index (χ1n) is 6.38. The molecule has 0 saturated carbocycles. The highest BCUT2D eigenvalue weighted by Crippen LogP contribution is 2.30. The lowest BCUT2D eigenvalue weighted by Gasteiger charge is -2.08. The molecule has 0 bridgehead atoms. The number of hydrogen-bond acceptors (Lipinski definition) is 2. The van der Waals surface area contributed by atoms with Gasteiger partial charge in [-0.2, -0.15) is 0 Å². The quantitative estimate of drug-likeness (QED) is 0.761. The fourth-order valence-electron chi connectivity index (χ4n) is 2.26. The second kappa shape index (κ2) is 5.64. The highest BCUT2D eigenvalue weighted by molar-refractivity contribution is 6.05. The van der Waals surface area contributed by atoms with Gasteiger partial charge in [-0.25, -0.2) is 0 Å².